The van der Waals surface area contributed by atoms with E-state index in [4.69, 9.17) is 0 Å². The van der Waals surface area contributed by atoms with E-state index >= 15 is 0 Å². The Morgan fingerprint density at radius 3 is 2.17 bits per heavy atom. The summed E-state index contributed by atoms with van der Waals surface area (Å²) >= 11 is 0. The fourth-order valence-electron chi connectivity index (χ4n) is 4.34. The standard InChI is InChI=1S/C32H41N3O4S/c1-7-8-19-33-32(37)27(6)34(21-28-12-10-9-11-25(28)4)31(36)22-35(29-16-15-24(3)26(5)20-29)40(38,39)30-17-13-23(2)14-18-30/h9-18,20,27H,7-8,19,21-22H2,1-6H3,(H,33,37). The largest absolute Gasteiger partial charge is 0.354 e. The van der Waals surface area contributed by atoms with Crippen LogP contribution in [-0.4, -0.2) is 44.3 Å². The minimum atomic E-state index is -4.09. The first kappa shape index (κ1) is 30.9. The number of sulfonamides is 1. The summed E-state index contributed by atoms with van der Waals surface area (Å²) in [6.07, 6.45) is 1.77. The molecule has 1 N–H and O–H groups in total. The third-order valence-corrected chi connectivity index (χ3v) is 9.05. The first-order valence-electron chi connectivity index (χ1n) is 13.7. The highest BCUT2D eigenvalue weighted by molar-refractivity contribution is 7.92. The number of nitrogens with zero attached hydrogens (tertiary/aromatic N) is 2. The van der Waals surface area contributed by atoms with Crippen LogP contribution in [-0.2, 0) is 26.2 Å². The highest BCUT2D eigenvalue weighted by Crippen LogP contribution is 2.27. The van der Waals surface area contributed by atoms with Crippen molar-refractivity contribution in [3.8, 4) is 0 Å². The van der Waals surface area contributed by atoms with E-state index in [0.29, 0.717) is 12.2 Å². The van der Waals surface area contributed by atoms with E-state index in [-0.39, 0.29) is 17.3 Å². The number of nitrogens with one attached hydrogen (secondary N) is 1. The predicted molar refractivity (Wildman–Crippen MR) is 161 cm³/mol. The lowest BCUT2D eigenvalue weighted by Crippen LogP contribution is -2.51. The van der Waals surface area contributed by atoms with E-state index in [0.717, 1.165) is 45.0 Å². The first-order chi connectivity index (χ1) is 18.9. The molecule has 2 amide bonds. The van der Waals surface area contributed by atoms with Gasteiger partial charge in [0, 0.05) is 13.1 Å². The fraction of sp³-hybridized carbons (Fsp3) is 0.375. The maximum atomic E-state index is 14.0. The smallest absolute Gasteiger partial charge is 0.264 e. The lowest BCUT2D eigenvalue weighted by molar-refractivity contribution is -0.139. The molecular formula is C32H41N3O4S. The first-order valence-corrected chi connectivity index (χ1v) is 15.2. The van der Waals surface area contributed by atoms with Gasteiger partial charge < -0.3 is 10.2 Å². The van der Waals surface area contributed by atoms with Crippen molar-refractivity contribution in [2.45, 2.75) is 71.9 Å². The van der Waals surface area contributed by atoms with E-state index < -0.39 is 28.5 Å². The van der Waals surface area contributed by atoms with Crippen LogP contribution in [0.4, 0.5) is 5.69 Å². The average molecular weight is 564 g/mol. The van der Waals surface area contributed by atoms with Crippen LogP contribution in [0.15, 0.2) is 71.6 Å². The zero-order chi connectivity index (χ0) is 29.4. The Morgan fingerprint density at radius 1 is 0.875 bits per heavy atom. The van der Waals surface area contributed by atoms with Crippen molar-refractivity contribution in [1.29, 1.82) is 0 Å². The minimum Gasteiger partial charge on any atom is -0.354 e. The lowest BCUT2D eigenvalue weighted by Gasteiger charge is -2.32. The van der Waals surface area contributed by atoms with Crippen LogP contribution in [0.5, 0.6) is 0 Å². The normalized spacial score (nSPS) is 12.1. The average Bonchev–Trinajstić information content (AvgIpc) is 2.92. The van der Waals surface area contributed by atoms with Crippen molar-refractivity contribution in [1.82, 2.24) is 10.2 Å². The van der Waals surface area contributed by atoms with Crippen LogP contribution in [0, 0.1) is 27.7 Å². The summed E-state index contributed by atoms with van der Waals surface area (Å²) < 4.78 is 29.1. The number of anilines is 1. The maximum Gasteiger partial charge on any atom is 0.264 e. The van der Waals surface area contributed by atoms with Crippen LogP contribution in [0.1, 0.15) is 54.5 Å². The highest BCUT2D eigenvalue weighted by atomic mass is 32.2. The molecule has 0 spiro atoms. The molecule has 0 saturated heterocycles. The summed E-state index contributed by atoms with van der Waals surface area (Å²) in [5.41, 5.74) is 5.13. The molecular weight excluding hydrogens is 522 g/mol. The Hall–Kier alpha value is -3.65. The summed E-state index contributed by atoms with van der Waals surface area (Å²) in [5.74, 6) is -0.732. The van der Waals surface area contributed by atoms with Crippen molar-refractivity contribution >= 4 is 27.5 Å². The molecule has 0 aliphatic heterocycles. The molecule has 0 aliphatic rings. The molecule has 0 bridgehead atoms. The quantitative estimate of drug-likeness (QED) is 0.297. The van der Waals surface area contributed by atoms with E-state index in [1.807, 2.05) is 65.0 Å². The Morgan fingerprint density at radius 2 is 1.55 bits per heavy atom. The third kappa shape index (κ3) is 7.50. The topological polar surface area (TPSA) is 86.8 Å². The van der Waals surface area contributed by atoms with Crippen LogP contribution in [0.2, 0.25) is 0 Å². The van der Waals surface area contributed by atoms with Gasteiger partial charge >= 0.3 is 0 Å². The number of hydrogen-bond acceptors (Lipinski definition) is 4. The second kappa shape index (κ2) is 13.6. The molecule has 0 aromatic heterocycles. The summed E-state index contributed by atoms with van der Waals surface area (Å²) in [7, 11) is -4.09. The second-order valence-electron chi connectivity index (χ2n) is 10.4. The molecule has 0 heterocycles. The number of aryl methyl sites for hydroxylation is 4. The molecule has 8 heteroatoms. The molecule has 3 aromatic rings. The van der Waals surface area contributed by atoms with Gasteiger partial charge in [0.2, 0.25) is 11.8 Å². The molecule has 0 saturated carbocycles. The summed E-state index contributed by atoms with van der Waals surface area (Å²) in [5, 5.41) is 2.91. The van der Waals surface area contributed by atoms with Crippen molar-refractivity contribution in [3.63, 3.8) is 0 Å². The second-order valence-corrected chi connectivity index (χ2v) is 12.2. The monoisotopic (exact) mass is 563 g/mol. The van der Waals surface area contributed by atoms with E-state index in [2.05, 4.69) is 5.32 Å². The van der Waals surface area contributed by atoms with Gasteiger partial charge in [-0.05, 0) is 87.6 Å². The van der Waals surface area contributed by atoms with Crippen molar-refractivity contribution in [2.24, 2.45) is 0 Å². The van der Waals surface area contributed by atoms with E-state index in [1.165, 1.54) is 4.90 Å². The molecule has 0 fully saturated rings. The Bertz CT molecular complexity index is 1430. The minimum absolute atomic E-state index is 0.0972. The summed E-state index contributed by atoms with van der Waals surface area (Å²) in [4.78, 5) is 28.7. The Kier molecular flexibility index (Phi) is 10.5. The third-order valence-electron chi connectivity index (χ3n) is 7.27. The van der Waals surface area contributed by atoms with Crippen molar-refractivity contribution < 1.29 is 18.0 Å². The van der Waals surface area contributed by atoms with Crippen LogP contribution < -0.4 is 9.62 Å². The van der Waals surface area contributed by atoms with Crippen LogP contribution in [0.3, 0.4) is 0 Å². The van der Waals surface area contributed by atoms with Crippen LogP contribution in [0.25, 0.3) is 0 Å². The van der Waals surface area contributed by atoms with E-state index in [9.17, 15) is 18.0 Å². The molecule has 0 radical (unpaired) electrons. The van der Waals surface area contributed by atoms with Gasteiger partial charge in [0.15, 0.2) is 0 Å². The molecule has 1 unspecified atom stereocenters. The molecule has 7 nitrogen and oxygen atoms in total. The van der Waals surface area contributed by atoms with Gasteiger partial charge in [-0.25, -0.2) is 8.42 Å². The number of amides is 2. The van der Waals surface area contributed by atoms with Crippen molar-refractivity contribution in [3.05, 3.63) is 94.5 Å². The van der Waals surface area contributed by atoms with E-state index in [1.54, 1.807) is 43.3 Å². The van der Waals surface area contributed by atoms with Crippen LogP contribution >= 0.6 is 0 Å². The van der Waals surface area contributed by atoms with Gasteiger partial charge in [0.05, 0.1) is 10.6 Å². The molecule has 0 aliphatic carbocycles. The Labute approximate surface area is 239 Å². The number of carbonyl (C=O) groups excluding carboxylic acids is 2. The van der Waals surface area contributed by atoms with Gasteiger partial charge in [-0.15, -0.1) is 0 Å². The van der Waals surface area contributed by atoms with Gasteiger partial charge in [0.1, 0.15) is 12.6 Å². The van der Waals surface area contributed by atoms with Gasteiger partial charge in [-0.1, -0.05) is 61.4 Å². The SMILES string of the molecule is CCCCNC(=O)C(C)N(Cc1ccccc1C)C(=O)CN(c1ccc(C)c(C)c1)S(=O)(=O)c1ccc(C)cc1. The number of unbranched alkanes of at least 4 members (excludes halogenated alkanes) is 1. The molecule has 214 valence electrons. The van der Waals surface area contributed by atoms with Gasteiger partial charge in [0.25, 0.3) is 10.0 Å². The molecule has 3 rings (SSSR count). The zero-order valence-corrected chi connectivity index (χ0v) is 25.2. The molecule has 40 heavy (non-hydrogen) atoms. The fourth-order valence-corrected chi connectivity index (χ4v) is 5.74. The number of rotatable bonds is 12. The lowest BCUT2D eigenvalue weighted by atomic mass is 10.1. The zero-order valence-electron chi connectivity index (χ0n) is 24.4. The Balaban J connectivity index is 2.03. The maximum absolute atomic E-state index is 14.0. The highest BCUT2D eigenvalue weighted by Gasteiger charge is 2.32. The van der Waals surface area contributed by atoms with Gasteiger partial charge in [-0.2, -0.15) is 0 Å². The predicted octanol–water partition coefficient (Wildman–Crippen LogP) is 5.45. The number of hydrogen-bond donors (Lipinski definition) is 1. The van der Waals surface area contributed by atoms with Crippen molar-refractivity contribution in [2.75, 3.05) is 17.4 Å². The molecule has 3 aromatic carbocycles. The molecule has 1 atom stereocenters. The summed E-state index contributed by atoms with van der Waals surface area (Å²) in [6, 6.07) is 18.8. The van der Waals surface area contributed by atoms with Gasteiger partial charge in [-0.3, -0.25) is 13.9 Å². The number of carbonyl (C=O) groups is 2. The number of benzene rings is 3. The summed E-state index contributed by atoms with van der Waals surface area (Å²) in [6.45, 7) is 11.7.